The van der Waals surface area contributed by atoms with E-state index >= 15 is 0 Å². The molecule has 1 aliphatic rings. The first kappa shape index (κ1) is 21.7. The quantitative estimate of drug-likeness (QED) is 0.415. The molecule has 2 N–H and O–H groups in total. The lowest BCUT2D eigenvalue weighted by Gasteiger charge is -2.27. The van der Waals surface area contributed by atoms with Gasteiger partial charge in [-0.05, 0) is 53.4 Å². The maximum Gasteiger partial charge on any atom is 0.415 e. The van der Waals surface area contributed by atoms with Crippen LogP contribution in [0.15, 0.2) is 91.0 Å². The van der Waals surface area contributed by atoms with Crippen molar-refractivity contribution in [1.82, 2.24) is 0 Å². The predicted molar refractivity (Wildman–Crippen MR) is 125 cm³/mol. The monoisotopic (exact) mass is 459 g/mol. The Morgan fingerprint density at radius 1 is 0.941 bits per heavy atom. The summed E-state index contributed by atoms with van der Waals surface area (Å²) < 4.78 is 25.0. The smallest absolute Gasteiger partial charge is 0.415 e. The molecular weight excluding hydrogens is 437 g/mol. The zero-order valence-corrected chi connectivity index (χ0v) is 18.0. The zero-order valence-electron chi connectivity index (χ0n) is 18.0. The Morgan fingerprint density at radius 2 is 1.65 bits per heavy atom. The number of benzene rings is 4. The Bertz CT molecular complexity index is 1300. The van der Waals surface area contributed by atoms with Crippen LogP contribution in [0.4, 0.5) is 14.9 Å². The molecule has 1 aliphatic heterocycles. The standard InChI is InChI=1S/C27H22FNO5/c28-19-10-12-20(13-11-19)29-25(18-8-14-21(30)15-9-18)26(34-27(29)32)23(31)16-33-24-7-3-5-17-4-1-2-6-22(17)24/h1-15,23,25-26,30-31H,16H2/t23?,25-,26?/m1/s1. The summed E-state index contributed by atoms with van der Waals surface area (Å²) in [5.74, 6) is 0.245. The summed E-state index contributed by atoms with van der Waals surface area (Å²) in [7, 11) is 0. The molecule has 1 amide bonds. The molecule has 5 rings (SSSR count). The van der Waals surface area contributed by atoms with Crippen molar-refractivity contribution >= 4 is 22.6 Å². The van der Waals surface area contributed by atoms with Gasteiger partial charge in [0.05, 0.1) is 0 Å². The topological polar surface area (TPSA) is 79.2 Å². The highest BCUT2D eigenvalue weighted by molar-refractivity contribution is 5.91. The van der Waals surface area contributed by atoms with Crippen molar-refractivity contribution in [2.45, 2.75) is 18.2 Å². The second kappa shape index (κ2) is 9.03. The summed E-state index contributed by atoms with van der Waals surface area (Å²) >= 11 is 0. The molecule has 0 bridgehead atoms. The number of aliphatic hydroxyl groups is 1. The number of aliphatic hydroxyl groups excluding tert-OH is 1. The Balaban J connectivity index is 1.44. The summed E-state index contributed by atoms with van der Waals surface area (Å²) in [4.78, 5) is 14.3. The summed E-state index contributed by atoms with van der Waals surface area (Å²) in [5.41, 5.74) is 1.07. The molecule has 2 unspecified atom stereocenters. The average molecular weight is 459 g/mol. The van der Waals surface area contributed by atoms with E-state index in [4.69, 9.17) is 9.47 Å². The molecule has 0 radical (unpaired) electrons. The van der Waals surface area contributed by atoms with E-state index in [0.717, 1.165) is 10.8 Å². The molecule has 3 atom stereocenters. The number of cyclic esters (lactones) is 1. The number of amides is 1. The lowest BCUT2D eigenvalue weighted by molar-refractivity contribution is -0.00618. The maximum atomic E-state index is 13.5. The van der Waals surface area contributed by atoms with E-state index in [1.165, 1.54) is 41.3 Å². The predicted octanol–water partition coefficient (Wildman–Crippen LogP) is 5.19. The number of ether oxygens (including phenoxy) is 2. The van der Waals surface area contributed by atoms with Gasteiger partial charge in [-0.3, -0.25) is 4.90 Å². The normalized spacial score (nSPS) is 18.6. The van der Waals surface area contributed by atoms with Gasteiger partial charge in [0.2, 0.25) is 0 Å². The van der Waals surface area contributed by atoms with E-state index in [1.54, 1.807) is 12.1 Å². The van der Waals surface area contributed by atoms with Crippen LogP contribution >= 0.6 is 0 Å². The third kappa shape index (κ3) is 4.13. The fraction of sp³-hybridized carbons (Fsp3) is 0.148. The van der Waals surface area contributed by atoms with E-state index in [2.05, 4.69) is 0 Å². The lowest BCUT2D eigenvalue weighted by atomic mass is 9.96. The van der Waals surface area contributed by atoms with Gasteiger partial charge in [-0.15, -0.1) is 0 Å². The number of fused-ring (bicyclic) bond motifs is 1. The maximum absolute atomic E-state index is 13.5. The van der Waals surface area contributed by atoms with Crippen LogP contribution in [0.25, 0.3) is 10.8 Å². The minimum Gasteiger partial charge on any atom is -0.508 e. The Labute approximate surface area is 195 Å². The van der Waals surface area contributed by atoms with Crippen LogP contribution in [0.1, 0.15) is 11.6 Å². The van der Waals surface area contributed by atoms with Gasteiger partial charge in [-0.2, -0.15) is 0 Å². The van der Waals surface area contributed by atoms with Crippen LogP contribution in [0.3, 0.4) is 0 Å². The third-order valence-electron chi connectivity index (χ3n) is 5.90. The first-order valence-corrected chi connectivity index (χ1v) is 10.8. The van der Waals surface area contributed by atoms with Crippen molar-refractivity contribution in [1.29, 1.82) is 0 Å². The van der Waals surface area contributed by atoms with Crippen molar-refractivity contribution in [3.8, 4) is 11.5 Å². The van der Waals surface area contributed by atoms with E-state index in [-0.39, 0.29) is 12.4 Å². The molecule has 4 aromatic rings. The molecule has 0 aliphatic carbocycles. The highest BCUT2D eigenvalue weighted by Crippen LogP contribution is 2.39. The molecule has 4 aromatic carbocycles. The lowest BCUT2D eigenvalue weighted by Crippen LogP contribution is -2.38. The molecule has 7 heteroatoms. The average Bonchev–Trinajstić information content (AvgIpc) is 3.20. The number of phenols is 1. The Morgan fingerprint density at radius 3 is 2.41 bits per heavy atom. The summed E-state index contributed by atoms with van der Waals surface area (Å²) in [6.07, 6.45) is -2.79. The number of carbonyl (C=O) groups is 1. The van der Waals surface area contributed by atoms with Gasteiger partial charge in [0, 0.05) is 11.1 Å². The van der Waals surface area contributed by atoms with Gasteiger partial charge >= 0.3 is 6.09 Å². The molecule has 6 nitrogen and oxygen atoms in total. The molecule has 1 fully saturated rings. The highest BCUT2D eigenvalue weighted by atomic mass is 19.1. The van der Waals surface area contributed by atoms with Gasteiger partial charge in [0.1, 0.15) is 36.1 Å². The summed E-state index contributed by atoms with van der Waals surface area (Å²) in [6, 6.07) is 24.5. The van der Waals surface area contributed by atoms with E-state index in [9.17, 15) is 19.4 Å². The number of rotatable bonds is 6. The van der Waals surface area contributed by atoms with Crippen LogP contribution < -0.4 is 9.64 Å². The van der Waals surface area contributed by atoms with E-state index in [1.807, 2.05) is 42.5 Å². The Kier molecular flexibility index (Phi) is 5.77. The van der Waals surface area contributed by atoms with Crippen molar-refractivity contribution in [2.24, 2.45) is 0 Å². The van der Waals surface area contributed by atoms with Crippen LogP contribution in [0.5, 0.6) is 11.5 Å². The van der Waals surface area contributed by atoms with Crippen LogP contribution in [-0.4, -0.2) is 35.1 Å². The second-order valence-corrected chi connectivity index (χ2v) is 8.09. The second-order valence-electron chi connectivity index (χ2n) is 8.09. The molecule has 0 spiro atoms. The van der Waals surface area contributed by atoms with Gasteiger partial charge in [-0.25, -0.2) is 9.18 Å². The molecule has 0 saturated carbocycles. The minimum atomic E-state index is -1.16. The molecule has 172 valence electrons. The van der Waals surface area contributed by atoms with Gasteiger partial charge in [0.25, 0.3) is 0 Å². The van der Waals surface area contributed by atoms with Crippen LogP contribution in [0, 0.1) is 5.82 Å². The molecular formula is C27H22FNO5. The number of aromatic hydroxyl groups is 1. The Hall–Kier alpha value is -4.10. The van der Waals surface area contributed by atoms with Gasteiger partial charge in [-0.1, -0.05) is 48.5 Å². The zero-order chi connectivity index (χ0) is 23.7. The summed E-state index contributed by atoms with van der Waals surface area (Å²) in [5, 5.41) is 22.7. The number of carbonyl (C=O) groups excluding carboxylic acids is 1. The van der Waals surface area contributed by atoms with Crippen molar-refractivity contribution in [3.05, 3.63) is 102 Å². The van der Waals surface area contributed by atoms with Gasteiger partial charge < -0.3 is 19.7 Å². The molecule has 1 saturated heterocycles. The summed E-state index contributed by atoms with van der Waals surface area (Å²) in [6.45, 7) is -0.113. The SMILES string of the molecule is O=C1OC(C(O)COc2cccc3ccccc23)[C@@H](c2ccc(O)cc2)N1c1ccc(F)cc1. The first-order valence-electron chi connectivity index (χ1n) is 10.8. The van der Waals surface area contributed by atoms with E-state index < -0.39 is 30.2 Å². The fourth-order valence-electron chi connectivity index (χ4n) is 4.26. The number of halogens is 1. The minimum absolute atomic E-state index is 0.0683. The van der Waals surface area contributed by atoms with Gasteiger partial charge in [0.15, 0.2) is 6.10 Å². The number of hydrogen-bond acceptors (Lipinski definition) is 5. The van der Waals surface area contributed by atoms with Crippen LogP contribution in [0.2, 0.25) is 0 Å². The van der Waals surface area contributed by atoms with E-state index in [0.29, 0.717) is 17.0 Å². The first-order chi connectivity index (χ1) is 16.5. The third-order valence-corrected chi connectivity index (χ3v) is 5.90. The highest BCUT2D eigenvalue weighted by Gasteiger charge is 2.47. The molecule has 34 heavy (non-hydrogen) atoms. The van der Waals surface area contributed by atoms with Crippen molar-refractivity contribution < 1.29 is 28.9 Å². The fourth-order valence-corrected chi connectivity index (χ4v) is 4.26. The van der Waals surface area contributed by atoms with Crippen LogP contribution in [-0.2, 0) is 4.74 Å². The number of nitrogens with zero attached hydrogens (tertiary/aromatic N) is 1. The molecule has 1 heterocycles. The van der Waals surface area contributed by atoms with Crippen molar-refractivity contribution in [2.75, 3.05) is 11.5 Å². The largest absolute Gasteiger partial charge is 0.508 e. The van der Waals surface area contributed by atoms with Crippen molar-refractivity contribution in [3.63, 3.8) is 0 Å². The number of hydrogen-bond donors (Lipinski definition) is 2. The number of phenolic OH excluding ortho intramolecular Hbond substituents is 1. The molecule has 0 aromatic heterocycles. The number of anilines is 1.